The van der Waals surface area contributed by atoms with Crippen molar-refractivity contribution in [3.63, 3.8) is 0 Å². The van der Waals surface area contributed by atoms with Gasteiger partial charge in [-0.15, -0.1) is 11.6 Å². The van der Waals surface area contributed by atoms with E-state index < -0.39 is 0 Å². The Bertz CT molecular complexity index is 529. The van der Waals surface area contributed by atoms with E-state index >= 15 is 0 Å². The molecule has 0 amide bonds. The molecule has 0 saturated heterocycles. The van der Waals surface area contributed by atoms with Gasteiger partial charge >= 0.3 is 0 Å². The molecule has 2 rings (SSSR count). The van der Waals surface area contributed by atoms with Gasteiger partial charge in [-0.3, -0.25) is 0 Å². The second-order valence-corrected chi connectivity index (χ2v) is 5.67. The molecule has 0 aliphatic heterocycles. The Balaban J connectivity index is 2.43. The number of benzene rings is 1. The molecule has 0 aliphatic carbocycles. The maximum Gasteiger partial charge on any atom is 0.111 e. The topological polar surface area (TPSA) is 17.8 Å². The van der Waals surface area contributed by atoms with Crippen LogP contribution in [0.5, 0.6) is 0 Å². The van der Waals surface area contributed by atoms with Crippen molar-refractivity contribution in [1.82, 2.24) is 9.55 Å². The first kappa shape index (κ1) is 13.4. The Morgan fingerprint density at radius 2 is 2.11 bits per heavy atom. The van der Waals surface area contributed by atoms with E-state index in [-0.39, 0.29) is 0 Å². The van der Waals surface area contributed by atoms with Crippen molar-refractivity contribution >= 4 is 22.6 Å². The molecular weight excluding hydrogens is 244 g/mol. The highest BCUT2D eigenvalue weighted by Gasteiger charge is 2.10. The molecule has 0 aliphatic rings. The Morgan fingerprint density at radius 3 is 2.78 bits per heavy atom. The van der Waals surface area contributed by atoms with Crippen molar-refractivity contribution in [2.45, 2.75) is 40.2 Å². The lowest BCUT2D eigenvalue weighted by atomic mass is 10.1. The van der Waals surface area contributed by atoms with Gasteiger partial charge in [0.15, 0.2) is 0 Å². The highest BCUT2D eigenvalue weighted by Crippen LogP contribution is 2.20. The van der Waals surface area contributed by atoms with Crippen LogP contribution in [-0.2, 0) is 13.0 Å². The fourth-order valence-corrected chi connectivity index (χ4v) is 2.36. The maximum absolute atomic E-state index is 5.88. The van der Waals surface area contributed by atoms with Crippen molar-refractivity contribution in [2.24, 2.45) is 5.92 Å². The van der Waals surface area contributed by atoms with Crippen LogP contribution in [0.1, 0.15) is 31.7 Å². The molecule has 0 fully saturated rings. The standard InChI is InChI=1S/C15H21ClN2/c1-11(2)7-9-18-14-10-12(3)4-5-13(14)17-15(18)6-8-16/h4-5,10-11H,6-9H2,1-3H3. The van der Waals surface area contributed by atoms with Crippen molar-refractivity contribution < 1.29 is 0 Å². The van der Waals surface area contributed by atoms with Crippen LogP contribution in [0.25, 0.3) is 11.0 Å². The zero-order valence-corrected chi connectivity index (χ0v) is 12.2. The van der Waals surface area contributed by atoms with Gasteiger partial charge in [0.2, 0.25) is 0 Å². The Kier molecular flexibility index (Phi) is 4.28. The fraction of sp³-hybridized carbons (Fsp3) is 0.533. The Labute approximate surface area is 114 Å². The Morgan fingerprint density at radius 1 is 1.33 bits per heavy atom. The molecule has 1 aromatic heterocycles. The SMILES string of the molecule is Cc1ccc2nc(CCCl)n(CCC(C)C)c2c1. The van der Waals surface area contributed by atoms with Crippen LogP contribution >= 0.6 is 11.6 Å². The molecule has 0 atom stereocenters. The van der Waals surface area contributed by atoms with Crippen molar-refractivity contribution in [3.05, 3.63) is 29.6 Å². The van der Waals surface area contributed by atoms with Gasteiger partial charge in [0.25, 0.3) is 0 Å². The van der Waals surface area contributed by atoms with Gasteiger partial charge in [0.1, 0.15) is 5.82 Å². The number of hydrogen-bond acceptors (Lipinski definition) is 1. The van der Waals surface area contributed by atoms with E-state index in [1.165, 1.54) is 17.5 Å². The predicted molar refractivity (Wildman–Crippen MR) is 78.3 cm³/mol. The highest BCUT2D eigenvalue weighted by molar-refractivity contribution is 6.17. The molecule has 3 heteroatoms. The van der Waals surface area contributed by atoms with Crippen molar-refractivity contribution in [1.29, 1.82) is 0 Å². The first-order valence-electron chi connectivity index (χ1n) is 6.63. The lowest BCUT2D eigenvalue weighted by Gasteiger charge is -2.10. The third-order valence-corrected chi connectivity index (χ3v) is 3.42. The number of aryl methyl sites for hydroxylation is 3. The summed E-state index contributed by atoms with van der Waals surface area (Å²) in [7, 11) is 0. The highest BCUT2D eigenvalue weighted by atomic mass is 35.5. The number of halogens is 1. The molecule has 0 bridgehead atoms. The maximum atomic E-state index is 5.88. The molecule has 0 unspecified atom stereocenters. The van der Waals surface area contributed by atoms with Gasteiger partial charge in [0, 0.05) is 18.8 Å². The molecule has 1 aromatic carbocycles. The lowest BCUT2D eigenvalue weighted by Crippen LogP contribution is -2.07. The summed E-state index contributed by atoms with van der Waals surface area (Å²) in [5, 5.41) is 0. The van der Waals surface area contributed by atoms with Crippen LogP contribution in [0, 0.1) is 12.8 Å². The average Bonchev–Trinajstić information content (AvgIpc) is 2.64. The number of alkyl halides is 1. The van der Waals surface area contributed by atoms with E-state index in [0.717, 1.165) is 24.3 Å². The zero-order valence-electron chi connectivity index (χ0n) is 11.4. The number of imidazole rings is 1. The quantitative estimate of drug-likeness (QED) is 0.741. The summed E-state index contributed by atoms with van der Waals surface area (Å²) in [5.74, 6) is 2.45. The third kappa shape index (κ3) is 2.86. The number of hydrogen-bond donors (Lipinski definition) is 0. The van der Waals surface area contributed by atoms with E-state index in [1.807, 2.05) is 0 Å². The number of rotatable bonds is 5. The van der Waals surface area contributed by atoms with E-state index in [2.05, 4.69) is 43.5 Å². The van der Waals surface area contributed by atoms with E-state index in [4.69, 9.17) is 16.6 Å². The van der Waals surface area contributed by atoms with Gasteiger partial charge < -0.3 is 4.57 Å². The summed E-state index contributed by atoms with van der Waals surface area (Å²) in [6.07, 6.45) is 2.02. The molecular formula is C15H21ClN2. The summed E-state index contributed by atoms with van der Waals surface area (Å²) >= 11 is 5.88. The monoisotopic (exact) mass is 264 g/mol. The second-order valence-electron chi connectivity index (χ2n) is 5.29. The number of fused-ring (bicyclic) bond motifs is 1. The van der Waals surface area contributed by atoms with Gasteiger partial charge in [0.05, 0.1) is 11.0 Å². The molecule has 98 valence electrons. The van der Waals surface area contributed by atoms with E-state index in [0.29, 0.717) is 11.8 Å². The molecule has 1 heterocycles. The fourth-order valence-electron chi connectivity index (χ4n) is 2.19. The largest absolute Gasteiger partial charge is 0.328 e. The molecule has 2 nitrogen and oxygen atoms in total. The van der Waals surface area contributed by atoms with Gasteiger partial charge in [-0.1, -0.05) is 19.9 Å². The third-order valence-electron chi connectivity index (χ3n) is 3.23. The molecule has 0 radical (unpaired) electrons. The van der Waals surface area contributed by atoms with Crippen LogP contribution in [0.2, 0.25) is 0 Å². The zero-order chi connectivity index (χ0) is 13.1. The minimum Gasteiger partial charge on any atom is -0.328 e. The van der Waals surface area contributed by atoms with Crippen LogP contribution in [-0.4, -0.2) is 15.4 Å². The van der Waals surface area contributed by atoms with Gasteiger partial charge in [-0.05, 0) is 37.0 Å². The van der Waals surface area contributed by atoms with E-state index in [9.17, 15) is 0 Å². The van der Waals surface area contributed by atoms with Crippen molar-refractivity contribution in [3.8, 4) is 0 Å². The van der Waals surface area contributed by atoms with Crippen LogP contribution in [0.4, 0.5) is 0 Å². The first-order chi connectivity index (χ1) is 8.61. The number of aromatic nitrogens is 2. The van der Waals surface area contributed by atoms with Gasteiger partial charge in [-0.25, -0.2) is 4.98 Å². The summed E-state index contributed by atoms with van der Waals surface area (Å²) in [6, 6.07) is 6.45. The molecule has 0 spiro atoms. The minimum atomic E-state index is 0.629. The van der Waals surface area contributed by atoms with E-state index in [1.54, 1.807) is 0 Å². The van der Waals surface area contributed by atoms with Crippen LogP contribution in [0.3, 0.4) is 0 Å². The smallest absolute Gasteiger partial charge is 0.111 e. The van der Waals surface area contributed by atoms with Gasteiger partial charge in [-0.2, -0.15) is 0 Å². The lowest BCUT2D eigenvalue weighted by molar-refractivity contribution is 0.513. The predicted octanol–water partition coefficient (Wildman–Crippen LogP) is 4.17. The van der Waals surface area contributed by atoms with Crippen LogP contribution in [0.15, 0.2) is 18.2 Å². The number of nitrogens with zero attached hydrogens (tertiary/aromatic N) is 2. The molecule has 18 heavy (non-hydrogen) atoms. The average molecular weight is 265 g/mol. The van der Waals surface area contributed by atoms with Crippen molar-refractivity contribution in [2.75, 3.05) is 5.88 Å². The second kappa shape index (κ2) is 5.75. The normalized spacial score (nSPS) is 11.6. The summed E-state index contributed by atoms with van der Waals surface area (Å²) in [5.41, 5.74) is 3.62. The molecule has 0 saturated carbocycles. The molecule has 0 N–H and O–H groups in total. The summed E-state index contributed by atoms with van der Waals surface area (Å²) < 4.78 is 2.34. The Hall–Kier alpha value is -1.02. The first-order valence-corrected chi connectivity index (χ1v) is 7.17. The summed E-state index contributed by atoms with van der Waals surface area (Å²) in [6.45, 7) is 7.67. The molecule has 2 aromatic rings. The summed E-state index contributed by atoms with van der Waals surface area (Å²) in [4.78, 5) is 4.70. The minimum absolute atomic E-state index is 0.629. The van der Waals surface area contributed by atoms with Crippen LogP contribution < -0.4 is 0 Å².